The Labute approximate surface area is 106 Å². The second-order valence-electron chi connectivity index (χ2n) is 4.33. The van der Waals surface area contributed by atoms with E-state index in [0.717, 1.165) is 18.1 Å². The summed E-state index contributed by atoms with van der Waals surface area (Å²) >= 11 is 5.78. The monoisotopic (exact) mass is 249 g/mol. The second-order valence-corrected chi connectivity index (χ2v) is 4.60. The van der Waals surface area contributed by atoms with Crippen molar-refractivity contribution in [1.29, 1.82) is 0 Å². The molecule has 1 aromatic carbocycles. The Morgan fingerprint density at radius 1 is 1.18 bits per heavy atom. The third-order valence-corrected chi connectivity index (χ3v) is 3.27. The Morgan fingerprint density at radius 3 is 2.53 bits per heavy atom. The fraction of sp³-hybridized carbons (Fsp3) is 0.385. The number of nitrogens with zero attached hydrogens (tertiary/aromatic N) is 3. The standard InChI is InChI=1S/C13H16ClN3/c1-9-4-5-10(2)11(6-9)7-12-15-16-13(8-14)17(12)3/h4-6H,7-8H2,1-3H3. The molecule has 0 amide bonds. The zero-order valence-electron chi connectivity index (χ0n) is 10.4. The van der Waals surface area contributed by atoms with Crippen LogP contribution in [-0.2, 0) is 19.3 Å². The van der Waals surface area contributed by atoms with E-state index < -0.39 is 0 Å². The van der Waals surface area contributed by atoms with Crippen LogP contribution in [0.2, 0.25) is 0 Å². The first kappa shape index (κ1) is 12.1. The highest BCUT2D eigenvalue weighted by atomic mass is 35.5. The van der Waals surface area contributed by atoms with E-state index >= 15 is 0 Å². The van der Waals surface area contributed by atoms with E-state index in [-0.39, 0.29) is 0 Å². The maximum atomic E-state index is 5.78. The van der Waals surface area contributed by atoms with Crippen LogP contribution in [-0.4, -0.2) is 14.8 Å². The number of benzene rings is 1. The summed E-state index contributed by atoms with van der Waals surface area (Å²) in [5.41, 5.74) is 3.85. The van der Waals surface area contributed by atoms with Crippen LogP contribution in [0, 0.1) is 13.8 Å². The number of hydrogen-bond donors (Lipinski definition) is 0. The van der Waals surface area contributed by atoms with Gasteiger partial charge in [-0.05, 0) is 25.0 Å². The zero-order chi connectivity index (χ0) is 12.4. The van der Waals surface area contributed by atoms with Crippen molar-refractivity contribution in [3.05, 3.63) is 46.5 Å². The Balaban J connectivity index is 2.31. The minimum Gasteiger partial charge on any atom is -0.317 e. The van der Waals surface area contributed by atoms with Gasteiger partial charge in [0, 0.05) is 13.5 Å². The highest BCUT2D eigenvalue weighted by Crippen LogP contribution is 2.15. The molecule has 2 rings (SSSR count). The van der Waals surface area contributed by atoms with Gasteiger partial charge in [-0.3, -0.25) is 0 Å². The Kier molecular flexibility index (Phi) is 3.48. The lowest BCUT2D eigenvalue weighted by molar-refractivity contribution is 0.789. The first-order chi connectivity index (χ1) is 8.11. The molecule has 90 valence electrons. The Hall–Kier alpha value is -1.35. The van der Waals surface area contributed by atoms with E-state index in [0.29, 0.717) is 5.88 Å². The molecule has 0 unspecified atom stereocenters. The number of aromatic nitrogens is 3. The number of alkyl halides is 1. The van der Waals surface area contributed by atoms with Crippen LogP contribution in [0.25, 0.3) is 0 Å². The third kappa shape index (κ3) is 2.50. The predicted octanol–water partition coefficient (Wildman–Crippen LogP) is 2.76. The second kappa shape index (κ2) is 4.88. The molecule has 1 aromatic heterocycles. The summed E-state index contributed by atoms with van der Waals surface area (Å²) in [7, 11) is 1.96. The van der Waals surface area contributed by atoms with Gasteiger partial charge in [0.2, 0.25) is 0 Å². The maximum absolute atomic E-state index is 5.78. The van der Waals surface area contributed by atoms with Crippen molar-refractivity contribution < 1.29 is 0 Å². The number of aryl methyl sites for hydroxylation is 2. The van der Waals surface area contributed by atoms with E-state index in [1.807, 2.05) is 11.6 Å². The molecule has 0 radical (unpaired) electrons. The molecule has 0 spiro atoms. The van der Waals surface area contributed by atoms with Crippen molar-refractivity contribution in [3.8, 4) is 0 Å². The number of rotatable bonds is 3. The zero-order valence-corrected chi connectivity index (χ0v) is 11.1. The van der Waals surface area contributed by atoms with Crippen LogP contribution in [0.1, 0.15) is 28.3 Å². The molecule has 2 aromatic rings. The highest BCUT2D eigenvalue weighted by Gasteiger charge is 2.09. The highest BCUT2D eigenvalue weighted by molar-refractivity contribution is 6.16. The first-order valence-corrected chi connectivity index (χ1v) is 6.14. The van der Waals surface area contributed by atoms with Gasteiger partial charge in [-0.15, -0.1) is 21.8 Å². The molecule has 0 aliphatic rings. The molecule has 0 aliphatic carbocycles. The summed E-state index contributed by atoms with van der Waals surface area (Å²) in [5.74, 6) is 2.16. The van der Waals surface area contributed by atoms with Gasteiger partial charge in [0.05, 0.1) is 5.88 Å². The molecule has 0 N–H and O–H groups in total. The minimum absolute atomic E-state index is 0.399. The molecule has 0 saturated carbocycles. The number of hydrogen-bond acceptors (Lipinski definition) is 2. The van der Waals surface area contributed by atoms with Crippen LogP contribution < -0.4 is 0 Å². The SMILES string of the molecule is Cc1ccc(C)c(Cc2nnc(CCl)n2C)c1. The van der Waals surface area contributed by atoms with Gasteiger partial charge in [-0.1, -0.05) is 23.8 Å². The molecule has 0 bridgehead atoms. The van der Waals surface area contributed by atoms with Gasteiger partial charge in [-0.2, -0.15) is 0 Å². The largest absolute Gasteiger partial charge is 0.317 e. The lowest BCUT2D eigenvalue weighted by Gasteiger charge is -2.07. The van der Waals surface area contributed by atoms with Gasteiger partial charge < -0.3 is 4.57 Å². The predicted molar refractivity (Wildman–Crippen MR) is 69.3 cm³/mol. The normalized spacial score (nSPS) is 10.8. The van der Waals surface area contributed by atoms with Crippen molar-refractivity contribution in [2.45, 2.75) is 26.1 Å². The van der Waals surface area contributed by atoms with E-state index in [4.69, 9.17) is 11.6 Å². The molecule has 0 atom stereocenters. The molecular formula is C13H16ClN3. The maximum Gasteiger partial charge on any atom is 0.147 e. The van der Waals surface area contributed by atoms with Gasteiger partial charge in [0.25, 0.3) is 0 Å². The van der Waals surface area contributed by atoms with Gasteiger partial charge >= 0.3 is 0 Å². The fourth-order valence-electron chi connectivity index (χ4n) is 1.83. The quantitative estimate of drug-likeness (QED) is 0.784. The molecule has 1 heterocycles. The average molecular weight is 250 g/mol. The summed E-state index contributed by atoms with van der Waals surface area (Å²) in [5, 5.41) is 8.24. The van der Waals surface area contributed by atoms with Gasteiger partial charge in [-0.25, -0.2) is 0 Å². The summed E-state index contributed by atoms with van der Waals surface area (Å²) in [6.45, 7) is 4.22. The van der Waals surface area contributed by atoms with E-state index in [2.05, 4.69) is 42.2 Å². The van der Waals surface area contributed by atoms with Gasteiger partial charge in [0.15, 0.2) is 0 Å². The minimum atomic E-state index is 0.399. The molecule has 0 fully saturated rings. The molecule has 4 heteroatoms. The lowest BCUT2D eigenvalue weighted by Crippen LogP contribution is -2.03. The summed E-state index contributed by atoms with van der Waals surface area (Å²) in [4.78, 5) is 0. The van der Waals surface area contributed by atoms with Crippen LogP contribution in [0.5, 0.6) is 0 Å². The lowest BCUT2D eigenvalue weighted by atomic mass is 10.0. The molecule has 17 heavy (non-hydrogen) atoms. The first-order valence-electron chi connectivity index (χ1n) is 5.61. The van der Waals surface area contributed by atoms with Crippen LogP contribution in [0.15, 0.2) is 18.2 Å². The van der Waals surface area contributed by atoms with Crippen molar-refractivity contribution in [2.24, 2.45) is 7.05 Å². The average Bonchev–Trinajstić information content (AvgIpc) is 2.65. The molecule has 0 saturated heterocycles. The van der Waals surface area contributed by atoms with Crippen LogP contribution >= 0.6 is 11.6 Å². The van der Waals surface area contributed by atoms with Crippen molar-refractivity contribution in [3.63, 3.8) is 0 Å². The van der Waals surface area contributed by atoms with E-state index in [9.17, 15) is 0 Å². The fourth-order valence-corrected chi connectivity index (χ4v) is 2.06. The smallest absolute Gasteiger partial charge is 0.147 e. The van der Waals surface area contributed by atoms with E-state index in [1.54, 1.807) is 0 Å². The van der Waals surface area contributed by atoms with Crippen LogP contribution in [0.4, 0.5) is 0 Å². The topological polar surface area (TPSA) is 30.7 Å². The Morgan fingerprint density at radius 2 is 1.88 bits per heavy atom. The Bertz CT molecular complexity index is 531. The molecule has 0 aliphatic heterocycles. The summed E-state index contributed by atoms with van der Waals surface area (Å²) in [6.07, 6.45) is 0.800. The number of halogens is 1. The van der Waals surface area contributed by atoms with Crippen molar-refractivity contribution in [2.75, 3.05) is 0 Å². The van der Waals surface area contributed by atoms with Crippen molar-refractivity contribution in [1.82, 2.24) is 14.8 Å². The molecule has 3 nitrogen and oxygen atoms in total. The summed E-state index contributed by atoms with van der Waals surface area (Å²) < 4.78 is 1.97. The van der Waals surface area contributed by atoms with E-state index in [1.165, 1.54) is 16.7 Å². The van der Waals surface area contributed by atoms with Crippen molar-refractivity contribution >= 4 is 11.6 Å². The third-order valence-electron chi connectivity index (χ3n) is 3.03. The van der Waals surface area contributed by atoms with Gasteiger partial charge in [0.1, 0.15) is 11.6 Å². The molecular weight excluding hydrogens is 234 g/mol. The summed E-state index contributed by atoms with van der Waals surface area (Å²) in [6, 6.07) is 6.47. The van der Waals surface area contributed by atoms with Crippen LogP contribution in [0.3, 0.4) is 0 Å².